The van der Waals surface area contributed by atoms with E-state index in [0.29, 0.717) is 5.56 Å². The van der Waals surface area contributed by atoms with Crippen molar-refractivity contribution in [2.45, 2.75) is 18.4 Å². The average Bonchev–Trinajstić information content (AvgIpc) is 3.21. The van der Waals surface area contributed by atoms with Crippen LogP contribution in [0.1, 0.15) is 28.5 Å². The quantitative estimate of drug-likeness (QED) is 0.697. The van der Waals surface area contributed by atoms with Gasteiger partial charge in [-0.1, -0.05) is 12.1 Å². The van der Waals surface area contributed by atoms with Crippen LogP contribution in [-0.4, -0.2) is 39.0 Å². The van der Waals surface area contributed by atoms with E-state index < -0.39 is 42.7 Å². The molecule has 4 rings (SSSR count). The first-order valence-electron chi connectivity index (χ1n) is 8.59. The number of nitrogens with two attached hydrogens (primary N) is 1. The summed E-state index contributed by atoms with van der Waals surface area (Å²) in [7, 11) is 0. The number of aromatic nitrogens is 3. The summed E-state index contributed by atoms with van der Waals surface area (Å²) in [6.07, 6.45) is 0.683. The number of nitrogens with one attached hydrogen (secondary N) is 1. The van der Waals surface area contributed by atoms with E-state index in [2.05, 4.69) is 10.1 Å². The Morgan fingerprint density at radius 1 is 1.24 bits per heavy atom. The number of hydrogen-bond donors (Lipinski definition) is 2. The lowest BCUT2D eigenvalue weighted by Gasteiger charge is -2.25. The number of halogens is 3. The van der Waals surface area contributed by atoms with Crippen molar-refractivity contribution in [1.82, 2.24) is 19.9 Å². The van der Waals surface area contributed by atoms with E-state index in [4.69, 9.17) is 5.73 Å². The third kappa shape index (κ3) is 3.58. The Hall–Kier alpha value is -3.63. The lowest BCUT2D eigenvalue weighted by atomic mass is 10.0. The van der Waals surface area contributed by atoms with Crippen molar-refractivity contribution in [3.8, 4) is 0 Å². The number of fused-ring (bicyclic) bond motifs is 1. The minimum atomic E-state index is -3.01. The van der Waals surface area contributed by atoms with E-state index in [-0.39, 0.29) is 17.2 Å². The number of hydrogen-bond acceptors (Lipinski definition) is 5. The normalized spacial score (nSPS) is 18.2. The first-order chi connectivity index (χ1) is 13.7. The summed E-state index contributed by atoms with van der Waals surface area (Å²) in [4.78, 5) is 28.4. The van der Waals surface area contributed by atoms with Gasteiger partial charge < -0.3 is 10.6 Å². The number of carbonyl (C=O) groups excluding carboxylic acids is 2. The Labute approximate surface area is 162 Å². The topological polar surface area (TPSA) is 106 Å². The highest BCUT2D eigenvalue weighted by atomic mass is 19.3. The van der Waals surface area contributed by atoms with Gasteiger partial charge >= 0.3 is 6.03 Å². The van der Waals surface area contributed by atoms with E-state index in [1.807, 2.05) is 5.32 Å². The molecule has 0 bridgehead atoms. The zero-order chi connectivity index (χ0) is 20.8. The second kappa shape index (κ2) is 6.76. The van der Waals surface area contributed by atoms with Crippen LogP contribution in [0.2, 0.25) is 0 Å². The maximum atomic E-state index is 14.2. The number of primary amides is 1. The molecule has 150 valence electrons. The monoisotopic (exact) mass is 404 g/mol. The summed E-state index contributed by atoms with van der Waals surface area (Å²) in [6, 6.07) is 6.61. The van der Waals surface area contributed by atoms with Crippen LogP contribution in [0.5, 0.6) is 0 Å². The molecule has 2 aromatic heterocycles. The fourth-order valence-electron chi connectivity index (χ4n) is 3.42. The molecule has 0 spiro atoms. The van der Waals surface area contributed by atoms with E-state index in [9.17, 15) is 22.8 Å². The Morgan fingerprint density at radius 3 is 2.76 bits per heavy atom. The lowest BCUT2D eigenvalue weighted by molar-refractivity contribution is 0.0222. The Bertz CT molecular complexity index is 1120. The molecule has 11 heteroatoms. The summed E-state index contributed by atoms with van der Waals surface area (Å²) < 4.78 is 43.2. The number of carbonyl (C=O) groups is 2. The van der Waals surface area contributed by atoms with E-state index >= 15 is 0 Å². The van der Waals surface area contributed by atoms with Gasteiger partial charge in [-0.25, -0.2) is 27.5 Å². The van der Waals surface area contributed by atoms with Crippen molar-refractivity contribution in [3.05, 3.63) is 59.7 Å². The van der Waals surface area contributed by atoms with E-state index in [1.165, 1.54) is 41.4 Å². The van der Waals surface area contributed by atoms with Gasteiger partial charge in [0.15, 0.2) is 11.3 Å². The molecule has 1 saturated heterocycles. The van der Waals surface area contributed by atoms with Crippen molar-refractivity contribution >= 4 is 23.4 Å². The fraction of sp³-hybridized carbons (Fsp3) is 0.222. The molecule has 1 aliphatic rings. The lowest BCUT2D eigenvalue weighted by Crippen LogP contribution is -2.35. The van der Waals surface area contributed by atoms with Gasteiger partial charge in [-0.05, 0) is 29.8 Å². The van der Waals surface area contributed by atoms with Crippen LogP contribution >= 0.6 is 0 Å². The van der Waals surface area contributed by atoms with Crippen molar-refractivity contribution in [2.75, 3.05) is 11.4 Å². The van der Waals surface area contributed by atoms with Crippen molar-refractivity contribution in [1.29, 1.82) is 0 Å². The molecule has 0 aliphatic carbocycles. The third-order valence-corrected chi connectivity index (χ3v) is 4.62. The highest BCUT2D eigenvalue weighted by Gasteiger charge is 2.46. The number of imide groups is 1. The Balaban J connectivity index is 1.75. The molecular weight excluding hydrogens is 389 g/mol. The summed E-state index contributed by atoms with van der Waals surface area (Å²) in [5.74, 6) is -4.21. The van der Waals surface area contributed by atoms with E-state index in [0.717, 1.165) is 4.52 Å². The SMILES string of the molecule is NC(=O)NC(=O)c1cnc2ccc(N3CC(F)(F)CC3c3cccc(F)c3)nn12. The summed E-state index contributed by atoms with van der Waals surface area (Å²) in [5, 5.41) is 6.15. The molecule has 1 aliphatic heterocycles. The highest BCUT2D eigenvalue weighted by Crippen LogP contribution is 2.43. The maximum Gasteiger partial charge on any atom is 0.319 e. The standard InChI is InChI=1S/C18H15F3N6O2/c19-11-3-1-2-10(6-11)12-7-18(20,21)9-26(12)15-5-4-14-23-8-13(27(14)25-15)16(28)24-17(22)29/h1-6,8,12H,7,9H2,(H3,22,24,28,29). The van der Waals surface area contributed by atoms with Gasteiger partial charge in [-0.15, -0.1) is 5.10 Å². The number of nitrogens with zero attached hydrogens (tertiary/aromatic N) is 4. The summed E-state index contributed by atoms with van der Waals surface area (Å²) in [5.41, 5.74) is 5.53. The number of urea groups is 1. The predicted molar refractivity (Wildman–Crippen MR) is 96.1 cm³/mol. The number of alkyl halides is 2. The van der Waals surface area contributed by atoms with Crippen LogP contribution in [0.3, 0.4) is 0 Å². The van der Waals surface area contributed by atoms with Gasteiger partial charge in [-0.3, -0.25) is 10.1 Å². The first kappa shape index (κ1) is 18.7. The molecular formula is C18H15F3N6O2. The van der Waals surface area contributed by atoms with Crippen molar-refractivity contribution in [2.24, 2.45) is 5.73 Å². The summed E-state index contributed by atoms with van der Waals surface area (Å²) >= 11 is 0. The smallest absolute Gasteiger partial charge is 0.319 e. The number of rotatable bonds is 3. The second-order valence-corrected chi connectivity index (χ2v) is 6.68. The first-order valence-corrected chi connectivity index (χ1v) is 8.59. The molecule has 3 aromatic rings. The van der Waals surface area contributed by atoms with Crippen molar-refractivity contribution < 1.29 is 22.8 Å². The highest BCUT2D eigenvalue weighted by molar-refractivity contribution is 6.03. The number of amides is 3. The molecule has 1 aromatic carbocycles. The largest absolute Gasteiger partial charge is 0.351 e. The molecule has 1 unspecified atom stereocenters. The van der Waals surface area contributed by atoms with Crippen LogP contribution in [0, 0.1) is 5.82 Å². The van der Waals surface area contributed by atoms with Crippen LogP contribution in [0.4, 0.5) is 23.8 Å². The molecule has 3 amide bonds. The predicted octanol–water partition coefficient (Wildman–Crippen LogP) is 2.26. The van der Waals surface area contributed by atoms with Crippen LogP contribution in [0.15, 0.2) is 42.6 Å². The minimum absolute atomic E-state index is 0.0890. The van der Waals surface area contributed by atoms with Gasteiger partial charge in [0.05, 0.1) is 18.8 Å². The minimum Gasteiger partial charge on any atom is -0.351 e. The van der Waals surface area contributed by atoms with Gasteiger partial charge in [0.2, 0.25) is 0 Å². The molecule has 8 nitrogen and oxygen atoms in total. The molecule has 29 heavy (non-hydrogen) atoms. The van der Waals surface area contributed by atoms with Crippen LogP contribution < -0.4 is 16.0 Å². The molecule has 3 heterocycles. The van der Waals surface area contributed by atoms with Gasteiger partial charge in [0.25, 0.3) is 11.8 Å². The van der Waals surface area contributed by atoms with Crippen molar-refractivity contribution in [3.63, 3.8) is 0 Å². The Morgan fingerprint density at radius 2 is 2.03 bits per heavy atom. The molecule has 1 fully saturated rings. The number of benzene rings is 1. The fourth-order valence-corrected chi connectivity index (χ4v) is 3.42. The van der Waals surface area contributed by atoms with Crippen LogP contribution in [0.25, 0.3) is 5.65 Å². The molecule has 1 atom stereocenters. The van der Waals surface area contributed by atoms with Crippen LogP contribution in [-0.2, 0) is 0 Å². The second-order valence-electron chi connectivity index (χ2n) is 6.68. The van der Waals surface area contributed by atoms with Gasteiger partial charge in [0, 0.05) is 6.42 Å². The van der Waals surface area contributed by atoms with Gasteiger partial charge in [-0.2, -0.15) is 0 Å². The van der Waals surface area contributed by atoms with E-state index in [1.54, 1.807) is 6.07 Å². The zero-order valence-electron chi connectivity index (χ0n) is 14.8. The zero-order valence-corrected chi connectivity index (χ0v) is 14.8. The Kier molecular flexibility index (Phi) is 4.36. The maximum absolute atomic E-state index is 14.2. The van der Waals surface area contributed by atoms with Gasteiger partial charge in [0.1, 0.15) is 11.6 Å². The molecule has 0 radical (unpaired) electrons. The molecule has 0 saturated carbocycles. The molecule has 3 N–H and O–H groups in total. The number of imidazole rings is 1. The number of anilines is 1. The third-order valence-electron chi connectivity index (χ3n) is 4.62. The summed E-state index contributed by atoms with van der Waals surface area (Å²) in [6.45, 7) is -0.621. The average molecular weight is 404 g/mol.